The predicted octanol–water partition coefficient (Wildman–Crippen LogP) is 4.05. The molecule has 0 saturated carbocycles. The highest BCUT2D eigenvalue weighted by Crippen LogP contribution is 2.33. The first-order valence-electron chi connectivity index (χ1n) is 7.36. The largest absolute Gasteiger partial charge is 0.495 e. The standard InChI is InChI=1S/C16H25BrN2O/c1-11(2)19-7-5-14(6-8-19)18-16-12(3)9-13(17)10-15(16)20-4/h9-11,14,18H,5-8H2,1-4H3. The molecule has 0 atom stereocenters. The number of hydrogen-bond acceptors (Lipinski definition) is 3. The summed E-state index contributed by atoms with van der Waals surface area (Å²) < 4.78 is 6.57. The van der Waals surface area contributed by atoms with Gasteiger partial charge in [-0.1, -0.05) is 15.9 Å². The van der Waals surface area contributed by atoms with Gasteiger partial charge in [0.1, 0.15) is 5.75 Å². The number of nitrogens with zero attached hydrogens (tertiary/aromatic N) is 1. The van der Waals surface area contributed by atoms with Crippen LogP contribution in [0.25, 0.3) is 0 Å². The number of nitrogens with one attached hydrogen (secondary N) is 1. The molecule has 4 heteroatoms. The third-order valence-corrected chi connectivity index (χ3v) is 4.55. The van der Waals surface area contributed by atoms with Gasteiger partial charge >= 0.3 is 0 Å². The van der Waals surface area contributed by atoms with Crippen LogP contribution in [-0.2, 0) is 0 Å². The van der Waals surface area contributed by atoms with Crippen LogP contribution in [0.2, 0.25) is 0 Å². The molecule has 0 unspecified atom stereocenters. The molecule has 1 aromatic carbocycles. The zero-order valence-corrected chi connectivity index (χ0v) is 14.5. The highest BCUT2D eigenvalue weighted by atomic mass is 79.9. The van der Waals surface area contributed by atoms with Crippen molar-refractivity contribution in [2.24, 2.45) is 0 Å². The molecule has 1 N–H and O–H groups in total. The molecule has 0 spiro atoms. The van der Waals surface area contributed by atoms with E-state index < -0.39 is 0 Å². The lowest BCUT2D eigenvalue weighted by Gasteiger charge is -2.35. The van der Waals surface area contributed by atoms with Gasteiger partial charge in [-0.2, -0.15) is 0 Å². The Morgan fingerprint density at radius 2 is 1.95 bits per heavy atom. The number of piperidine rings is 1. The van der Waals surface area contributed by atoms with Crippen LogP contribution in [0.4, 0.5) is 5.69 Å². The van der Waals surface area contributed by atoms with Gasteiger partial charge < -0.3 is 15.0 Å². The van der Waals surface area contributed by atoms with Gasteiger partial charge in [0.2, 0.25) is 0 Å². The lowest BCUT2D eigenvalue weighted by atomic mass is 10.0. The maximum absolute atomic E-state index is 5.50. The Kier molecular flexibility index (Phi) is 5.33. The van der Waals surface area contributed by atoms with Crippen LogP contribution < -0.4 is 10.1 Å². The maximum atomic E-state index is 5.50. The van der Waals surface area contributed by atoms with Crippen LogP contribution in [0.15, 0.2) is 16.6 Å². The molecule has 1 saturated heterocycles. The molecule has 1 aliphatic heterocycles. The Morgan fingerprint density at radius 3 is 2.50 bits per heavy atom. The average Bonchev–Trinajstić information content (AvgIpc) is 2.42. The first-order valence-corrected chi connectivity index (χ1v) is 8.15. The highest BCUT2D eigenvalue weighted by molar-refractivity contribution is 9.10. The highest BCUT2D eigenvalue weighted by Gasteiger charge is 2.22. The minimum Gasteiger partial charge on any atom is -0.495 e. The van der Waals surface area contributed by atoms with E-state index in [1.165, 1.54) is 31.5 Å². The van der Waals surface area contributed by atoms with E-state index in [9.17, 15) is 0 Å². The second-order valence-electron chi connectivity index (χ2n) is 5.85. The molecule has 3 nitrogen and oxygen atoms in total. The molecule has 2 rings (SSSR count). The van der Waals surface area contributed by atoms with E-state index in [0.717, 1.165) is 15.9 Å². The van der Waals surface area contributed by atoms with Gasteiger partial charge in [-0.25, -0.2) is 0 Å². The number of aryl methyl sites for hydroxylation is 1. The molecular weight excluding hydrogens is 316 g/mol. The smallest absolute Gasteiger partial charge is 0.143 e. The van der Waals surface area contributed by atoms with Crippen molar-refractivity contribution in [1.29, 1.82) is 0 Å². The Labute approximate surface area is 130 Å². The summed E-state index contributed by atoms with van der Waals surface area (Å²) in [5, 5.41) is 3.68. The third-order valence-electron chi connectivity index (χ3n) is 4.09. The molecule has 112 valence electrons. The number of methoxy groups -OCH3 is 1. The Balaban J connectivity index is 2.04. The van der Waals surface area contributed by atoms with E-state index in [4.69, 9.17) is 4.74 Å². The summed E-state index contributed by atoms with van der Waals surface area (Å²) in [5.74, 6) is 0.920. The zero-order chi connectivity index (χ0) is 14.7. The fraction of sp³-hybridized carbons (Fsp3) is 0.625. The van der Waals surface area contributed by atoms with Crippen molar-refractivity contribution in [3.63, 3.8) is 0 Å². The van der Waals surface area contributed by atoms with Crippen molar-refractivity contribution in [1.82, 2.24) is 4.90 Å². The van der Waals surface area contributed by atoms with Crippen molar-refractivity contribution < 1.29 is 4.74 Å². The summed E-state index contributed by atoms with van der Waals surface area (Å²) in [5.41, 5.74) is 2.36. The Morgan fingerprint density at radius 1 is 1.30 bits per heavy atom. The zero-order valence-electron chi connectivity index (χ0n) is 12.9. The van der Waals surface area contributed by atoms with Crippen LogP contribution in [0.3, 0.4) is 0 Å². The van der Waals surface area contributed by atoms with Crippen molar-refractivity contribution >= 4 is 21.6 Å². The number of halogens is 1. The number of ether oxygens (including phenoxy) is 1. The van der Waals surface area contributed by atoms with Gasteiger partial charge in [-0.15, -0.1) is 0 Å². The van der Waals surface area contributed by atoms with Gasteiger partial charge in [0.15, 0.2) is 0 Å². The number of hydrogen-bond donors (Lipinski definition) is 1. The predicted molar refractivity (Wildman–Crippen MR) is 88.8 cm³/mol. The van der Waals surface area contributed by atoms with Crippen molar-refractivity contribution in [3.8, 4) is 5.75 Å². The molecule has 0 radical (unpaired) electrons. The molecule has 0 aliphatic carbocycles. The quantitative estimate of drug-likeness (QED) is 0.894. The van der Waals surface area contributed by atoms with Gasteiger partial charge in [0, 0.05) is 29.6 Å². The summed E-state index contributed by atoms with van der Waals surface area (Å²) in [6, 6.07) is 5.35. The summed E-state index contributed by atoms with van der Waals surface area (Å²) in [4.78, 5) is 2.55. The fourth-order valence-corrected chi connectivity index (χ4v) is 3.37. The minimum atomic E-state index is 0.541. The molecule has 0 amide bonds. The normalized spacial score (nSPS) is 17.5. The fourth-order valence-electron chi connectivity index (χ4n) is 2.82. The molecule has 1 fully saturated rings. The molecule has 0 bridgehead atoms. The molecule has 1 aromatic rings. The van der Waals surface area contributed by atoms with Gasteiger partial charge in [0.25, 0.3) is 0 Å². The lowest BCUT2D eigenvalue weighted by Crippen LogP contribution is -2.42. The summed E-state index contributed by atoms with van der Waals surface area (Å²) in [6.07, 6.45) is 2.38. The van der Waals surface area contributed by atoms with E-state index in [0.29, 0.717) is 12.1 Å². The number of benzene rings is 1. The lowest BCUT2D eigenvalue weighted by molar-refractivity contribution is 0.177. The second kappa shape index (κ2) is 6.81. The van der Waals surface area contributed by atoms with E-state index in [2.05, 4.69) is 53.0 Å². The molecule has 1 heterocycles. The molecule has 20 heavy (non-hydrogen) atoms. The SMILES string of the molecule is COc1cc(Br)cc(C)c1NC1CCN(C(C)C)CC1. The Hall–Kier alpha value is -0.740. The first-order chi connectivity index (χ1) is 9.51. The monoisotopic (exact) mass is 340 g/mol. The first kappa shape index (κ1) is 15.6. The van der Waals surface area contributed by atoms with E-state index in [-0.39, 0.29) is 0 Å². The van der Waals surface area contributed by atoms with Gasteiger partial charge in [0.05, 0.1) is 12.8 Å². The van der Waals surface area contributed by atoms with Crippen molar-refractivity contribution in [2.75, 3.05) is 25.5 Å². The van der Waals surface area contributed by atoms with E-state index in [1.807, 2.05) is 6.07 Å². The Bertz CT molecular complexity index is 454. The van der Waals surface area contributed by atoms with Gasteiger partial charge in [-0.3, -0.25) is 0 Å². The maximum Gasteiger partial charge on any atom is 0.143 e. The summed E-state index contributed by atoms with van der Waals surface area (Å²) >= 11 is 3.52. The summed E-state index contributed by atoms with van der Waals surface area (Å²) in [6.45, 7) is 9.02. The van der Waals surface area contributed by atoms with Crippen LogP contribution in [0.1, 0.15) is 32.3 Å². The van der Waals surface area contributed by atoms with Crippen LogP contribution in [0.5, 0.6) is 5.75 Å². The third kappa shape index (κ3) is 3.67. The van der Waals surface area contributed by atoms with E-state index >= 15 is 0 Å². The number of rotatable bonds is 4. The topological polar surface area (TPSA) is 24.5 Å². The molecular formula is C16H25BrN2O. The second-order valence-corrected chi connectivity index (χ2v) is 6.76. The molecule has 1 aliphatic rings. The average molecular weight is 341 g/mol. The summed E-state index contributed by atoms with van der Waals surface area (Å²) in [7, 11) is 1.73. The van der Waals surface area contributed by atoms with Crippen LogP contribution in [0, 0.1) is 6.92 Å². The van der Waals surface area contributed by atoms with Crippen molar-refractivity contribution in [2.45, 2.75) is 45.7 Å². The number of likely N-dealkylation sites (tertiary alicyclic amines) is 1. The van der Waals surface area contributed by atoms with Crippen LogP contribution in [-0.4, -0.2) is 37.2 Å². The van der Waals surface area contributed by atoms with Crippen LogP contribution >= 0.6 is 15.9 Å². The van der Waals surface area contributed by atoms with Gasteiger partial charge in [-0.05, 0) is 51.3 Å². The molecule has 0 aromatic heterocycles. The van der Waals surface area contributed by atoms with Crippen molar-refractivity contribution in [3.05, 3.63) is 22.2 Å². The minimum absolute atomic E-state index is 0.541. The van der Waals surface area contributed by atoms with E-state index in [1.54, 1.807) is 7.11 Å². The number of anilines is 1.